The molecule has 0 aliphatic carbocycles. The van der Waals surface area contributed by atoms with Crippen LogP contribution in [0.3, 0.4) is 0 Å². The molecule has 1 aliphatic rings. The molecule has 0 bridgehead atoms. The average molecular weight is 288 g/mol. The summed E-state index contributed by atoms with van der Waals surface area (Å²) in [7, 11) is 1.89. The maximum atomic E-state index is 12.6. The van der Waals surface area contributed by atoms with Gasteiger partial charge >= 0.3 is 0 Å². The Labute approximate surface area is 123 Å². The molecule has 1 amide bonds. The van der Waals surface area contributed by atoms with Crippen LogP contribution in [0.4, 0.5) is 5.82 Å². The third kappa shape index (κ3) is 2.69. The zero-order valence-corrected chi connectivity index (χ0v) is 12.3. The van der Waals surface area contributed by atoms with Gasteiger partial charge in [0, 0.05) is 44.9 Å². The molecule has 0 spiro atoms. The lowest BCUT2D eigenvalue weighted by molar-refractivity contribution is -0.119. The standard InChI is InChI=1S/C14H20N6O/c1-3-20-13(4-5-16-20)18-14(21)12-8-15-7-11(12)10-6-17-19(2)9-10/h4-6,9,11-12,15H,3,7-8H2,1-2H3,(H,18,21)/t11-,12+/m1/s1. The molecule has 2 atom stereocenters. The molecule has 1 aliphatic heterocycles. The van der Waals surface area contributed by atoms with Crippen molar-refractivity contribution in [2.75, 3.05) is 18.4 Å². The van der Waals surface area contributed by atoms with Gasteiger partial charge in [0.25, 0.3) is 0 Å². The number of amides is 1. The molecule has 0 radical (unpaired) electrons. The summed E-state index contributed by atoms with van der Waals surface area (Å²) in [5, 5.41) is 14.7. The van der Waals surface area contributed by atoms with Gasteiger partial charge in [-0.1, -0.05) is 0 Å². The Balaban J connectivity index is 1.74. The van der Waals surface area contributed by atoms with E-state index >= 15 is 0 Å². The summed E-state index contributed by atoms with van der Waals surface area (Å²) < 4.78 is 3.55. The number of anilines is 1. The van der Waals surface area contributed by atoms with Crippen molar-refractivity contribution in [1.29, 1.82) is 0 Å². The number of rotatable bonds is 4. The molecule has 1 saturated heterocycles. The second-order valence-electron chi connectivity index (χ2n) is 5.34. The van der Waals surface area contributed by atoms with Gasteiger partial charge < -0.3 is 10.6 Å². The molecule has 21 heavy (non-hydrogen) atoms. The molecule has 2 aromatic rings. The number of hydrogen-bond acceptors (Lipinski definition) is 4. The van der Waals surface area contributed by atoms with Crippen LogP contribution in [0.1, 0.15) is 18.4 Å². The first kappa shape index (κ1) is 13.8. The number of nitrogens with one attached hydrogen (secondary N) is 2. The molecule has 112 valence electrons. The van der Waals surface area contributed by atoms with Gasteiger partial charge in [-0.05, 0) is 12.5 Å². The predicted octanol–water partition coefficient (Wildman–Crippen LogP) is 0.578. The molecule has 0 unspecified atom stereocenters. The number of carbonyl (C=O) groups is 1. The van der Waals surface area contributed by atoms with Crippen LogP contribution in [0, 0.1) is 5.92 Å². The van der Waals surface area contributed by atoms with E-state index < -0.39 is 0 Å². The second kappa shape index (κ2) is 5.69. The average Bonchev–Trinajstić information content (AvgIpc) is 3.17. The van der Waals surface area contributed by atoms with Crippen LogP contribution in [0.2, 0.25) is 0 Å². The number of carbonyl (C=O) groups excluding carboxylic acids is 1. The van der Waals surface area contributed by atoms with E-state index in [0.29, 0.717) is 6.54 Å². The van der Waals surface area contributed by atoms with E-state index in [-0.39, 0.29) is 17.7 Å². The van der Waals surface area contributed by atoms with Crippen molar-refractivity contribution < 1.29 is 4.79 Å². The molecular formula is C14H20N6O. The van der Waals surface area contributed by atoms with Crippen molar-refractivity contribution in [3.63, 3.8) is 0 Å². The van der Waals surface area contributed by atoms with Crippen molar-refractivity contribution in [3.05, 3.63) is 30.2 Å². The van der Waals surface area contributed by atoms with Gasteiger partial charge in [0.05, 0.1) is 18.3 Å². The number of aryl methyl sites for hydroxylation is 2. The zero-order chi connectivity index (χ0) is 14.8. The summed E-state index contributed by atoms with van der Waals surface area (Å²) in [6, 6.07) is 1.82. The summed E-state index contributed by atoms with van der Waals surface area (Å²) in [6.07, 6.45) is 5.52. The van der Waals surface area contributed by atoms with Gasteiger partial charge in [-0.3, -0.25) is 9.48 Å². The van der Waals surface area contributed by atoms with Crippen LogP contribution in [0.15, 0.2) is 24.7 Å². The Bertz CT molecular complexity index is 631. The number of nitrogens with zero attached hydrogens (tertiary/aromatic N) is 4. The van der Waals surface area contributed by atoms with Gasteiger partial charge in [-0.25, -0.2) is 4.68 Å². The Hall–Kier alpha value is -2.15. The van der Waals surface area contributed by atoms with Gasteiger partial charge in [0.1, 0.15) is 5.82 Å². The number of hydrogen-bond donors (Lipinski definition) is 2. The molecule has 2 aromatic heterocycles. The summed E-state index contributed by atoms with van der Waals surface area (Å²) >= 11 is 0. The summed E-state index contributed by atoms with van der Waals surface area (Å²) in [6.45, 7) is 4.22. The summed E-state index contributed by atoms with van der Waals surface area (Å²) in [4.78, 5) is 12.6. The fourth-order valence-corrected chi connectivity index (χ4v) is 2.85. The molecule has 1 fully saturated rings. The Morgan fingerprint density at radius 1 is 1.48 bits per heavy atom. The van der Waals surface area contributed by atoms with Gasteiger partial charge in [-0.15, -0.1) is 0 Å². The second-order valence-corrected chi connectivity index (χ2v) is 5.34. The van der Waals surface area contributed by atoms with Crippen LogP contribution in [-0.2, 0) is 18.4 Å². The van der Waals surface area contributed by atoms with Crippen molar-refractivity contribution >= 4 is 11.7 Å². The lowest BCUT2D eigenvalue weighted by Crippen LogP contribution is -2.29. The SMILES string of the molecule is CCn1nccc1NC(=O)[C@H]1CNC[C@@H]1c1cnn(C)c1. The normalized spacial score (nSPS) is 21.6. The van der Waals surface area contributed by atoms with Crippen LogP contribution < -0.4 is 10.6 Å². The third-order valence-electron chi connectivity index (χ3n) is 3.97. The van der Waals surface area contributed by atoms with Crippen molar-refractivity contribution in [1.82, 2.24) is 24.9 Å². The molecule has 0 saturated carbocycles. The highest BCUT2D eigenvalue weighted by atomic mass is 16.2. The van der Waals surface area contributed by atoms with Crippen molar-refractivity contribution in [2.24, 2.45) is 13.0 Å². The van der Waals surface area contributed by atoms with E-state index in [1.807, 2.05) is 32.4 Å². The minimum absolute atomic E-state index is 0.0315. The topological polar surface area (TPSA) is 76.8 Å². The first-order chi connectivity index (χ1) is 10.2. The predicted molar refractivity (Wildman–Crippen MR) is 78.8 cm³/mol. The molecule has 3 rings (SSSR count). The smallest absolute Gasteiger partial charge is 0.230 e. The Morgan fingerprint density at radius 3 is 3.05 bits per heavy atom. The fourth-order valence-electron chi connectivity index (χ4n) is 2.85. The van der Waals surface area contributed by atoms with Gasteiger partial charge in [0.2, 0.25) is 5.91 Å². The maximum Gasteiger partial charge on any atom is 0.230 e. The minimum atomic E-state index is -0.0885. The maximum absolute atomic E-state index is 12.6. The van der Waals surface area contributed by atoms with Crippen LogP contribution >= 0.6 is 0 Å². The first-order valence-electron chi connectivity index (χ1n) is 7.21. The highest BCUT2D eigenvalue weighted by Gasteiger charge is 2.35. The lowest BCUT2D eigenvalue weighted by Gasteiger charge is -2.17. The lowest BCUT2D eigenvalue weighted by atomic mass is 9.90. The van der Waals surface area contributed by atoms with E-state index in [0.717, 1.165) is 24.5 Å². The highest BCUT2D eigenvalue weighted by molar-refractivity contribution is 5.92. The van der Waals surface area contributed by atoms with E-state index in [4.69, 9.17) is 0 Å². The van der Waals surface area contributed by atoms with Crippen LogP contribution in [0.5, 0.6) is 0 Å². The molecule has 0 aromatic carbocycles. The van der Waals surface area contributed by atoms with Crippen molar-refractivity contribution in [3.8, 4) is 0 Å². The molecule has 7 nitrogen and oxygen atoms in total. The quantitative estimate of drug-likeness (QED) is 0.863. The van der Waals surface area contributed by atoms with E-state index in [1.165, 1.54) is 0 Å². The molecular weight excluding hydrogens is 268 g/mol. The largest absolute Gasteiger partial charge is 0.315 e. The van der Waals surface area contributed by atoms with Crippen LogP contribution in [0.25, 0.3) is 0 Å². The molecule has 3 heterocycles. The van der Waals surface area contributed by atoms with E-state index in [1.54, 1.807) is 15.6 Å². The summed E-state index contributed by atoms with van der Waals surface area (Å²) in [5.74, 6) is 0.856. The van der Waals surface area contributed by atoms with E-state index in [2.05, 4.69) is 20.8 Å². The van der Waals surface area contributed by atoms with E-state index in [9.17, 15) is 4.79 Å². The summed E-state index contributed by atoms with van der Waals surface area (Å²) in [5.41, 5.74) is 1.10. The molecule has 2 N–H and O–H groups in total. The number of aromatic nitrogens is 4. The first-order valence-corrected chi connectivity index (χ1v) is 7.21. The Morgan fingerprint density at radius 2 is 2.33 bits per heavy atom. The van der Waals surface area contributed by atoms with Gasteiger partial charge in [0.15, 0.2) is 0 Å². The zero-order valence-electron chi connectivity index (χ0n) is 12.3. The highest BCUT2D eigenvalue weighted by Crippen LogP contribution is 2.28. The molecule has 7 heteroatoms. The minimum Gasteiger partial charge on any atom is -0.315 e. The Kier molecular flexibility index (Phi) is 3.74. The van der Waals surface area contributed by atoms with Gasteiger partial charge in [-0.2, -0.15) is 10.2 Å². The van der Waals surface area contributed by atoms with Crippen molar-refractivity contribution in [2.45, 2.75) is 19.4 Å². The fraction of sp³-hybridized carbons (Fsp3) is 0.500. The third-order valence-corrected chi connectivity index (χ3v) is 3.97. The van der Waals surface area contributed by atoms with Crippen LogP contribution in [-0.4, -0.2) is 38.6 Å². The monoisotopic (exact) mass is 288 g/mol.